The molecule has 0 unspecified atom stereocenters. The van der Waals surface area contributed by atoms with Crippen LogP contribution < -0.4 is 10.2 Å². The molecular formula is C19H19ClFN3O2. The molecule has 3 rings (SSSR count). The molecule has 2 aromatic carbocycles. The smallest absolute Gasteiger partial charge is 0.258 e. The molecule has 1 aliphatic rings. The Kier molecular flexibility index (Phi) is 5.42. The second-order valence-electron chi connectivity index (χ2n) is 6.11. The SMILES string of the molecule is CC(=O)Nc1cccc(N2CCN(C(=O)c3c(F)cccc3Cl)CC2)c1. The van der Waals surface area contributed by atoms with Gasteiger partial charge in [0.25, 0.3) is 5.91 Å². The van der Waals surface area contributed by atoms with Crippen molar-refractivity contribution in [2.75, 3.05) is 36.4 Å². The van der Waals surface area contributed by atoms with E-state index in [-0.39, 0.29) is 22.4 Å². The number of carbonyl (C=O) groups is 2. The predicted molar refractivity (Wildman–Crippen MR) is 100 cm³/mol. The zero-order chi connectivity index (χ0) is 18.7. The molecule has 1 aliphatic heterocycles. The van der Waals surface area contributed by atoms with Gasteiger partial charge in [0.2, 0.25) is 5.91 Å². The molecule has 2 aromatic rings. The molecule has 7 heteroatoms. The fourth-order valence-corrected chi connectivity index (χ4v) is 3.26. The highest BCUT2D eigenvalue weighted by Gasteiger charge is 2.26. The zero-order valence-corrected chi connectivity index (χ0v) is 15.1. The van der Waals surface area contributed by atoms with Gasteiger partial charge in [-0.25, -0.2) is 4.39 Å². The Morgan fingerprint density at radius 3 is 2.42 bits per heavy atom. The van der Waals surface area contributed by atoms with E-state index in [1.807, 2.05) is 24.3 Å². The van der Waals surface area contributed by atoms with E-state index in [1.54, 1.807) is 4.90 Å². The molecule has 1 saturated heterocycles. The third-order valence-electron chi connectivity index (χ3n) is 4.28. The largest absolute Gasteiger partial charge is 0.368 e. The maximum atomic E-state index is 14.0. The second kappa shape index (κ2) is 7.74. The fraction of sp³-hybridized carbons (Fsp3) is 0.263. The first kappa shape index (κ1) is 18.2. The van der Waals surface area contributed by atoms with Gasteiger partial charge in [-0.3, -0.25) is 9.59 Å². The predicted octanol–water partition coefficient (Wildman–Crippen LogP) is 3.40. The van der Waals surface area contributed by atoms with E-state index in [4.69, 9.17) is 11.6 Å². The van der Waals surface area contributed by atoms with Gasteiger partial charge in [0.05, 0.1) is 10.6 Å². The van der Waals surface area contributed by atoms with Gasteiger partial charge in [-0.05, 0) is 30.3 Å². The number of carbonyl (C=O) groups excluding carboxylic acids is 2. The lowest BCUT2D eigenvalue weighted by Crippen LogP contribution is -2.49. The topological polar surface area (TPSA) is 52.7 Å². The van der Waals surface area contributed by atoms with Crippen LogP contribution in [0.15, 0.2) is 42.5 Å². The van der Waals surface area contributed by atoms with E-state index >= 15 is 0 Å². The molecule has 26 heavy (non-hydrogen) atoms. The Hall–Kier alpha value is -2.60. The Balaban J connectivity index is 1.68. The van der Waals surface area contributed by atoms with Crippen LogP contribution in [0.5, 0.6) is 0 Å². The van der Waals surface area contributed by atoms with Crippen molar-refractivity contribution in [1.82, 2.24) is 4.90 Å². The number of rotatable bonds is 3. The average molecular weight is 376 g/mol. The van der Waals surface area contributed by atoms with Gasteiger partial charge >= 0.3 is 0 Å². The molecule has 0 bridgehead atoms. The van der Waals surface area contributed by atoms with Crippen molar-refractivity contribution in [3.05, 3.63) is 58.9 Å². The lowest BCUT2D eigenvalue weighted by atomic mass is 10.1. The van der Waals surface area contributed by atoms with Crippen molar-refractivity contribution < 1.29 is 14.0 Å². The molecule has 0 aliphatic carbocycles. The van der Waals surface area contributed by atoms with Crippen molar-refractivity contribution in [2.24, 2.45) is 0 Å². The number of nitrogens with one attached hydrogen (secondary N) is 1. The van der Waals surface area contributed by atoms with Gasteiger partial charge in [0, 0.05) is 44.5 Å². The minimum atomic E-state index is -0.604. The summed E-state index contributed by atoms with van der Waals surface area (Å²) >= 11 is 5.99. The van der Waals surface area contributed by atoms with Gasteiger partial charge in [-0.1, -0.05) is 23.7 Å². The summed E-state index contributed by atoms with van der Waals surface area (Å²) in [6, 6.07) is 11.8. The number of halogens is 2. The summed E-state index contributed by atoms with van der Waals surface area (Å²) in [5.41, 5.74) is 1.62. The standard InChI is InChI=1S/C19H19ClFN3O2/c1-13(25)22-14-4-2-5-15(12-14)23-8-10-24(11-9-23)19(26)18-16(20)6-3-7-17(18)21/h2-7,12H,8-11H2,1H3,(H,22,25). The molecule has 136 valence electrons. The van der Waals surface area contributed by atoms with Crippen LogP contribution >= 0.6 is 11.6 Å². The summed E-state index contributed by atoms with van der Waals surface area (Å²) in [5, 5.41) is 2.88. The Morgan fingerprint density at radius 1 is 1.08 bits per heavy atom. The minimum absolute atomic E-state index is 0.0738. The van der Waals surface area contributed by atoms with Crippen LogP contribution in [0.1, 0.15) is 17.3 Å². The van der Waals surface area contributed by atoms with Crippen molar-refractivity contribution in [3.8, 4) is 0 Å². The maximum absolute atomic E-state index is 14.0. The molecule has 1 heterocycles. The molecular weight excluding hydrogens is 357 g/mol. The van der Waals surface area contributed by atoms with E-state index in [0.717, 1.165) is 11.4 Å². The summed E-state index contributed by atoms with van der Waals surface area (Å²) in [6.45, 7) is 3.62. The Bertz CT molecular complexity index is 815. The fourth-order valence-electron chi connectivity index (χ4n) is 3.01. The van der Waals surface area contributed by atoms with Crippen LogP contribution in [0.4, 0.5) is 15.8 Å². The first-order valence-electron chi connectivity index (χ1n) is 8.31. The van der Waals surface area contributed by atoms with Crippen molar-refractivity contribution in [2.45, 2.75) is 6.92 Å². The summed E-state index contributed by atoms with van der Waals surface area (Å²) in [6.07, 6.45) is 0. The number of nitrogens with zero attached hydrogens (tertiary/aromatic N) is 2. The molecule has 0 spiro atoms. The molecule has 1 N–H and O–H groups in total. The van der Waals surface area contributed by atoms with Gasteiger partial charge in [0.15, 0.2) is 0 Å². The molecule has 1 fully saturated rings. The number of hydrogen-bond acceptors (Lipinski definition) is 3. The lowest BCUT2D eigenvalue weighted by Gasteiger charge is -2.36. The van der Waals surface area contributed by atoms with Crippen LogP contribution in [0.25, 0.3) is 0 Å². The van der Waals surface area contributed by atoms with E-state index in [2.05, 4.69) is 10.2 Å². The van der Waals surface area contributed by atoms with E-state index in [1.165, 1.54) is 25.1 Å². The normalized spacial score (nSPS) is 14.3. The summed E-state index contributed by atoms with van der Waals surface area (Å²) in [4.78, 5) is 27.5. The first-order valence-corrected chi connectivity index (χ1v) is 8.69. The number of benzene rings is 2. The van der Waals surface area contributed by atoms with Crippen LogP contribution in [-0.4, -0.2) is 42.9 Å². The summed E-state index contributed by atoms with van der Waals surface area (Å²) < 4.78 is 14.0. The summed E-state index contributed by atoms with van der Waals surface area (Å²) in [7, 11) is 0. The Labute approximate surface area is 156 Å². The number of piperazine rings is 1. The highest BCUT2D eigenvalue weighted by Crippen LogP contribution is 2.24. The monoisotopic (exact) mass is 375 g/mol. The van der Waals surface area contributed by atoms with Crippen LogP contribution in [0.2, 0.25) is 5.02 Å². The number of anilines is 2. The molecule has 5 nitrogen and oxygen atoms in total. The van der Waals surface area contributed by atoms with Gasteiger partial charge in [0.1, 0.15) is 5.82 Å². The lowest BCUT2D eigenvalue weighted by molar-refractivity contribution is -0.114. The van der Waals surface area contributed by atoms with Crippen LogP contribution in [0.3, 0.4) is 0 Å². The molecule has 2 amide bonds. The molecule has 0 radical (unpaired) electrons. The first-order chi connectivity index (χ1) is 12.5. The molecule has 0 saturated carbocycles. The van der Waals surface area contributed by atoms with Crippen molar-refractivity contribution in [3.63, 3.8) is 0 Å². The number of amides is 2. The number of hydrogen-bond donors (Lipinski definition) is 1. The summed E-state index contributed by atoms with van der Waals surface area (Å²) in [5.74, 6) is -1.12. The highest BCUT2D eigenvalue weighted by atomic mass is 35.5. The molecule has 0 atom stereocenters. The molecule has 0 aromatic heterocycles. The van der Waals surface area contributed by atoms with Gasteiger partial charge in [-0.2, -0.15) is 0 Å². The zero-order valence-electron chi connectivity index (χ0n) is 14.3. The van der Waals surface area contributed by atoms with Crippen LogP contribution in [0, 0.1) is 5.82 Å². The third-order valence-corrected chi connectivity index (χ3v) is 4.59. The van der Waals surface area contributed by atoms with Gasteiger partial charge < -0.3 is 15.1 Å². The van der Waals surface area contributed by atoms with Gasteiger partial charge in [-0.15, -0.1) is 0 Å². The van der Waals surface area contributed by atoms with E-state index in [9.17, 15) is 14.0 Å². The Morgan fingerprint density at radius 2 is 1.77 bits per heavy atom. The van der Waals surface area contributed by atoms with Crippen molar-refractivity contribution in [1.29, 1.82) is 0 Å². The van der Waals surface area contributed by atoms with E-state index < -0.39 is 5.82 Å². The minimum Gasteiger partial charge on any atom is -0.368 e. The van der Waals surface area contributed by atoms with Crippen LogP contribution in [-0.2, 0) is 4.79 Å². The van der Waals surface area contributed by atoms with Crippen molar-refractivity contribution >= 4 is 34.8 Å². The van der Waals surface area contributed by atoms with E-state index in [0.29, 0.717) is 26.2 Å². The highest BCUT2D eigenvalue weighted by molar-refractivity contribution is 6.33. The maximum Gasteiger partial charge on any atom is 0.258 e. The quantitative estimate of drug-likeness (QED) is 0.894. The average Bonchev–Trinajstić information content (AvgIpc) is 2.61. The second-order valence-corrected chi connectivity index (χ2v) is 6.51. The third kappa shape index (κ3) is 3.96.